The van der Waals surface area contributed by atoms with E-state index in [4.69, 9.17) is 4.74 Å². The maximum absolute atomic E-state index is 6.83. The zero-order valence-corrected chi connectivity index (χ0v) is 25.9. The number of ether oxygens (including phenoxy) is 1. The van der Waals surface area contributed by atoms with Gasteiger partial charge in [-0.1, -0.05) is 81.1 Å². The van der Waals surface area contributed by atoms with Gasteiger partial charge in [-0.15, -0.1) is 0 Å². The molecule has 40 heavy (non-hydrogen) atoms. The number of hydrogen-bond donors (Lipinski definition) is 0. The van der Waals surface area contributed by atoms with E-state index < -0.39 is 0 Å². The number of rotatable bonds is 4. The zero-order valence-electron chi connectivity index (χ0n) is 22.8. The first kappa shape index (κ1) is 26.0. The Labute approximate surface area is 253 Å². The standard InChI is InChI=1S/C36H31Br2NO/c1-35(2)34-22-25(9-18-33(34)36(40-35)19-5-6-20-36)32-23-30(21-24-7-3-4-8-31(24)32)39(28-14-10-26(37)11-15-28)29-16-12-27(38)13-17-29/h3-4,7-18,21-23H,5-6,19-20H2,1-2H3. The van der Waals surface area contributed by atoms with E-state index in [1.807, 2.05) is 0 Å². The van der Waals surface area contributed by atoms with E-state index in [0.717, 1.165) is 38.8 Å². The van der Waals surface area contributed by atoms with Crippen LogP contribution in [0.25, 0.3) is 21.9 Å². The van der Waals surface area contributed by atoms with Gasteiger partial charge in [0, 0.05) is 26.0 Å². The topological polar surface area (TPSA) is 12.5 Å². The van der Waals surface area contributed by atoms with Gasteiger partial charge in [-0.3, -0.25) is 0 Å². The van der Waals surface area contributed by atoms with Gasteiger partial charge in [-0.25, -0.2) is 0 Å². The van der Waals surface area contributed by atoms with Crippen molar-refractivity contribution < 1.29 is 4.74 Å². The Morgan fingerprint density at radius 1 is 0.650 bits per heavy atom. The minimum absolute atomic E-state index is 0.110. The predicted octanol–water partition coefficient (Wildman–Crippen LogP) is 11.5. The van der Waals surface area contributed by atoms with Gasteiger partial charge in [0.15, 0.2) is 0 Å². The van der Waals surface area contributed by atoms with Gasteiger partial charge >= 0.3 is 0 Å². The fourth-order valence-electron chi connectivity index (χ4n) is 6.81. The van der Waals surface area contributed by atoms with Crippen LogP contribution in [0.3, 0.4) is 0 Å². The lowest BCUT2D eigenvalue weighted by Gasteiger charge is -2.28. The number of nitrogens with zero attached hydrogens (tertiary/aromatic N) is 1. The van der Waals surface area contributed by atoms with Crippen molar-refractivity contribution >= 4 is 59.7 Å². The quantitative estimate of drug-likeness (QED) is 0.191. The molecular weight excluding hydrogens is 622 g/mol. The molecule has 7 rings (SSSR count). The Kier molecular flexibility index (Phi) is 6.42. The maximum atomic E-state index is 6.83. The zero-order chi connectivity index (χ0) is 27.5. The Hall–Kier alpha value is -2.92. The molecule has 0 atom stereocenters. The third-order valence-corrected chi connectivity index (χ3v) is 9.66. The molecule has 4 heteroatoms. The van der Waals surface area contributed by atoms with E-state index in [1.54, 1.807) is 0 Å². The monoisotopic (exact) mass is 651 g/mol. The summed E-state index contributed by atoms with van der Waals surface area (Å²) in [4.78, 5) is 2.34. The van der Waals surface area contributed by atoms with Crippen molar-refractivity contribution in [2.45, 2.75) is 50.7 Å². The van der Waals surface area contributed by atoms with Crippen molar-refractivity contribution in [3.8, 4) is 11.1 Å². The van der Waals surface area contributed by atoms with E-state index in [0.29, 0.717) is 0 Å². The molecule has 0 aromatic heterocycles. The number of halogens is 2. The van der Waals surface area contributed by atoms with Crippen molar-refractivity contribution in [3.05, 3.63) is 123 Å². The van der Waals surface area contributed by atoms with Crippen molar-refractivity contribution in [1.29, 1.82) is 0 Å². The molecule has 5 aromatic rings. The lowest BCUT2D eigenvalue weighted by atomic mass is 9.85. The minimum atomic E-state index is -0.302. The van der Waals surface area contributed by atoms with E-state index >= 15 is 0 Å². The number of anilines is 3. The summed E-state index contributed by atoms with van der Waals surface area (Å²) < 4.78 is 8.96. The molecule has 1 saturated carbocycles. The molecule has 0 unspecified atom stereocenters. The van der Waals surface area contributed by atoms with Crippen molar-refractivity contribution in [3.63, 3.8) is 0 Å². The third kappa shape index (κ3) is 4.41. The van der Waals surface area contributed by atoms with Crippen LogP contribution in [0.15, 0.2) is 112 Å². The molecule has 2 aliphatic rings. The second-order valence-electron chi connectivity index (χ2n) is 11.6. The van der Waals surface area contributed by atoms with Crippen molar-refractivity contribution in [2.24, 2.45) is 0 Å². The molecule has 0 radical (unpaired) electrons. The first-order chi connectivity index (χ1) is 19.3. The van der Waals surface area contributed by atoms with Gasteiger partial charge in [0.25, 0.3) is 0 Å². The van der Waals surface area contributed by atoms with Crippen LogP contribution in [-0.4, -0.2) is 0 Å². The molecule has 0 saturated heterocycles. The molecule has 1 aliphatic heterocycles. The Morgan fingerprint density at radius 2 is 1.27 bits per heavy atom. The van der Waals surface area contributed by atoms with E-state index in [2.05, 4.69) is 154 Å². The lowest BCUT2D eigenvalue weighted by molar-refractivity contribution is -0.122. The average Bonchev–Trinajstić information content (AvgIpc) is 3.51. The van der Waals surface area contributed by atoms with E-state index in [1.165, 1.54) is 45.9 Å². The Balaban J connectivity index is 1.43. The molecular formula is C36H31Br2NO. The molecule has 200 valence electrons. The SMILES string of the molecule is CC1(C)OC2(CCCC2)c2ccc(-c3cc(N(c4ccc(Br)cc4)c4ccc(Br)cc4)cc4ccccc34)cc21. The average molecular weight is 653 g/mol. The summed E-state index contributed by atoms with van der Waals surface area (Å²) in [7, 11) is 0. The van der Waals surface area contributed by atoms with Gasteiger partial charge in [0.1, 0.15) is 0 Å². The summed E-state index contributed by atoms with van der Waals surface area (Å²) >= 11 is 7.22. The normalized spacial score (nSPS) is 16.9. The van der Waals surface area contributed by atoms with Crippen molar-refractivity contribution in [1.82, 2.24) is 0 Å². The highest BCUT2D eigenvalue weighted by Crippen LogP contribution is 2.55. The molecule has 0 N–H and O–H groups in total. The maximum Gasteiger partial charge on any atom is 0.0946 e. The van der Waals surface area contributed by atoms with E-state index in [9.17, 15) is 0 Å². The Morgan fingerprint density at radius 3 is 1.93 bits per heavy atom. The third-order valence-electron chi connectivity index (χ3n) is 8.61. The summed E-state index contributed by atoms with van der Waals surface area (Å²) in [6.45, 7) is 4.47. The van der Waals surface area contributed by atoms with Crippen LogP contribution in [0.4, 0.5) is 17.1 Å². The highest BCUT2D eigenvalue weighted by atomic mass is 79.9. The summed E-state index contributed by atoms with van der Waals surface area (Å²) in [6.07, 6.45) is 4.73. The lowest BCUT2D eigenvalue weighted by Crippen LogP contribution is -2.25. The smallest absolute Gasteiger partial charge is 0.0946 e. The van der Waals surface area contributed by atoms with Crippen molar-refractivity contribution in [2.75, 3.05) is 4.90 Å². The molecule has 5 aromatic carbocycles. The summed E-state index contributed by atoms with van der Waals surface area (Å²) in [5.41, 5.74) is 8.13. The fraction of sp³-hybridized carbons (Fsp3) is 0.222. The molecule has 1 heterocycles. The van der Waals surface area contributed by atoms with Gasteiger partial charge in [0.2, 0.25) is 0 Å². The Bertz CT molecular complexity index is 1670. The van der Waals surface area contributed by atoms with Crippen LogP contribution in [0, 0.1) is 0 Å². The number of fused-ring (bicyclic) bond motifs is 3. The molecule has 2 nitrogen and oxygen atoms in total. The second-order valence-corrected chi connectivity index (χ2v) is 13.4. The van der Waals surface area contributed by atoms with Crippen LogP contribution < -0.4 is 4.90 Å². The van der Waals surface area contributed by atoms with Gasteiger partial charge < -0.3 is 9.64 Å². The molecule has 0 bridgehead atoms. The fourth-order valence-corrected chi connectivity index (χ4v) is 7.34. The van der Waals surface area contributed by atoms with Crippen LogP contribution in [-0.2, 0) is 15.9 Å². The predicted molar refractivity (Wildman–Crippen MR) is 174 cm³/mol. The molecule has 1 aliphatic carbocycles. The highest BCUT2D eigenvalue weighted by molar-refractivity contribution is 9.10. The minimum Gasteiger partial charge on any atom is -0.360 e. The van der Waals surface area contributed by atoms with Crippen LogP contribution >= 0.6 is 31.9 Å². The molecule has 1 fully saturated rings. The summed E-state index contributed by atoms with van der Waals surface area (Å²) in [6, 6.07) is 37.5. The van der Waals surface area contributed by atoms with Crippen LogP contribution in [0.2, 0.25) is 0 Å². The second kappa shape index (κ2) is 9.87. The van der Waals surface area contributed by atoms with Gasteiger partial charge in [-0.2, -0.15) is 0 Å². The first-order valence-corrected chi connectivity index (χ1v) is 15.6. The summed E-state index contributed by atoms with van der Waals surface area (Å²) in [5, 5.41) is 2.47. The van der Waals surface area contributed by atoms with Crippen LogP contribution in [0.5, 0.6) is 0 Å². The van der Waals surface area contributed by atoms with Crippen LogP contribution in [0.1, 0.15) is 50.7 Å². The van der Waals surface area contributed by atoms with Gasteiger partial charge in [-0.05, 0) is 126 Å². The van der Waals surface area contributed by atoms with Gasteiger partial charge in [0.05, 0.1) is 11.2 Å². The first-order valence-electron chi connectivity index (χ1n) is 14.0. The molecule has 0 amide bonds. The van der Waals surface area contributed by atoms with E-state index in [-0.39, 0.29) is 11.2 Å². The largest absolute Gasteiger partial charge is 0.360 e. The highest BCUT2D eigenvalue weighted by Gasteiger charge is 2.50. The molecule has 1 spiro atoms. The summed E-state index contributed by atoms with van der Waals surface area (Å²) in [5.74, 6) is 0. The number of benzene rings is 5. The number of hydrogen-bond acceptors (Lipinski definition) is 2.